The summed E-state index contributed by atoms with van der Waals surface area (Å²) in [6.07, 6.45) is 1.73. The molecule has 0 aliphatic carbocycles. The molecule has 0 aliphatic rings. The van der Waals surface area contributed by atoms with Gasteiger partial charge in [-0.1, -0.05) is 71.9 Å². The summed E-state index contributed by atoms with van der Waals surface area (Å²) in [7, 11) is 0. The average molecular weight is 309 g/mol. The van der Waals surface area contributed by atoms with Crippen LogP contribution < -0.4 is 5.32 Å². The Morgan fingerprint density at radius 1 is 1.18 bits per heavy atom. The molecule has 0 atom stereocenters. The normalized spacial score (nSPS) is 10.7. The minimum absolute atomic E-state index is 0. The summed E-state index contributed by atoms with van der Waals surface area (Å²) in [6.45, 7) is 14.1. The largest absolute Gasteiger partial charge is 0.445 e. The molecule has 0 saturated heterocycles. The predicted octanol–water partition coefficient (Wildman–Crippen LogP) is 5.65. The summed E-state index contributed by atoms with van der Waals surface area (Å²) < 4.78 is 5.11. The minimum atomic E-state index is -0.340. The lowest BCUT2D eigenvalue weighted by Crippen LogP contribution is -2.26. The number of carbonyl (C=O) groups excluding carboxylic acids is 1. The first kappa shape index (κ1) is 20.5. The predicted molar refractivity (Wildman–Crippen MR) is 95.9 cm³/mol. The molecule has 0 unspecified atom stereocenters. The fraction of sp³-hybridized carbons (Fsp3) is 0.632. The van der Waals surface area contributed by atoms with E-state index in [0.717, 1.165) is 24.3 Å². The lowest BCUT2D eigenvalue weighted by molar-refractivity contribution is 0.139. The minimum Gasteiger partial charge on any atom is -0.445 e. The molecule has 0 aromatic heterocycles. The number of nitrogens with one attached hydrogen (secondary N) is 1. The van der Waals surface area contributed by atoms with E-state index in [0.29, 0.717) is 18.6 Å². The number of carbonyl (C=O) groups is 1. The van der Waals surface area contributed by atoms with Crippen molar-refractivity contribution in [2.45, 2.75) is 61.0 Å². The van der Waals surface area contributed by atoms with E-state index in [2.05, 4.69) is 46.9 Å². The number of benzene rings is 1. The van der Waals surface area contributed by atoms with E-state index >= 15 is 0 Å². The van der Waals surface area contributed by atoms with Gasteiger partial charge in [-0.2, -0.15) is 0 Å². The fourth-order valence-electron chi connectivity index (χ4n) is 1.58. The van der Waals surface area contributed by atoms with Crippen molar-refractivity contribution >= 4 is 6.09 Å². The molecule has 128 valence electrons. The van der Waals surface area contributed by atoms with Gasteiger partial charge < -0.3 is 10.1 Å². The summed E-state index contributed by atoms with van der Waals surface area (Å²) in [6, 6.07) is 9.68. The van der Waals surface area contributed by atoms with Crippen LogP contribution in [0.4, 0.5) is 4.79 Å². The number of hydrogen-bond donors (Lipinski definition) is 1. The molecule has 0 radical (unpaired) electrons. The molecule has 0 saturated carbocycles. The van der Waals surface area contributed by atoms with Crippen molar-refractivity contribution in [3.8, 4) is 0 Å². The first-order valence-corrected chi connectivity index (χ1v) is 8.15. The van der Waals surface area contributed by atoms with Crippen LogP contribution in [0.2, 0.25) is 0 Å². The quantitative estimate of drug-likeness (QED) is 0.714. The van der Waals surface area contributed by atoms with Crippen LogP contribution in [-0.4, -0.2) is 12.6 Å². The van der Waals surface area contributed by atoms with Crippen LogP contribution in [0.25, 0.3) is 0 Å². The maximum atomic E-state index is 11.4. The molecule has 1 aromatic carbocycles. The summed E-state index contributed by atoms with van der Waals surface area (Å²) in [5.74, 6) is 0.833. The molecular formula is C19H35NO2. The van der Waals surface area contributed by atoms with Gasteiger partial charge in [-0.3, -0.25) is 0 Å². The third-order valence-electron chi connectivity index (χ3n) is 2.59. The van der Waals surface area contributed by atoms with E-state index in [4.69, 9.17) is 4.74 Å². The molecule has 0 fully saturated rings. The van der Waals surface area contributed by atoms with Gasteiger partial charge in [0.15, 0.2) is 0 Å². The van der Waals surface area contributed by atoms with Crippen LogP contribution in [0.15, 0.2) is 30.3 Å². The summed E-state index contributed by atoms with van der Waals surface area (Å²) >= 11 is 0. The molecule has 1 aromatic rings. The lowest BCUT2D eigenvalue weighted by Gasteiger charge is -2.17. The number of rotatable bonds is 5. The number of ether oxygens (including phenoxy) is 1. The summed E-state index contributed by atoms with van der Waals surface area (Å²) in [5.41, 5.74) is 1.32. The van der Waals surface area contributed by atoms with E-state index in [1.165, 1.54) is 0 Å². The second-order valence-electron chi connectivity index (χ2n) is 7.38. The SMILES string of the molecule is CC(C)(C)CCCNC(=O)OCc1ccccc1.CC(C)C.[HH]. The van der Waals surface area contributed by atoms with Gasteiger partial charge >= 0.3 is 6.09 Å². The molecule has 0 spiro atoms. The van der Waals surface area contributed by atoms with E-state index < -0.39 is 0 Å². The van der Waals surface area contributed by atoms with Crippen LogP contribution in [0.5, 0.6) is 0 Å². The van der Waals surface area contributed by atoms with Crippen molar-refractivity contribution in [2.75, 3.05) is 6.54 Å². The molecule has 1 N–H and O–H groups in total. The highest BCUT2D eigenvalue weighted by Gasteiger charge is 2.09. The number of alkyl carbamates (subject to hydrolysis) is 1. The van der Waals surface area contributed by atoms with E-state index in [1.54, 1.807) is 0 Å². The van der Waals surface area contributed by atoms with Crippen LogP contribution >= 0.6 is 0 Å². The van der Waals surface area contributed by atoms with Gasteiger partial charge in [0.1, 0.15) is 6.61 Å². The van der Waals surface area contributed by atoms with Crippen LogP contribution in [0, 0.1) is 11.3 Å². The highest BCUT2D eigenvalue weighted by Crippen LogP contribution is 2.19. The van der Waals surface area contributed by atoms with E-state index in [1.807, 2.05) is 30.3 Å². The van der Waals surface area contributed by atoms with Gasteiger partial charge in [0, 0.05) is 7.97 Å². The van der Waals surface area contributed by atoms with Gasteiger partial charge in [0.2, 0.25) is 0 Å². The Balaban J connectivity index is 0. The lowest BCUT2D eigenvalue weighted by atomic mass is 9.91. The summed E-state index contributed by atoms with van der Waals surface area (Å²) in [5, 5.41) is 2.76. The van der Waals surface area contributed by atoms with Gasteiger partial charge in [-0.05, 0) is 29.7 Å². The molecule has 0 bridgehead atoms. The smallest absolute Gasteiger partial charge is 0.407 e. The second kappa shape index (κ2) is 11.1. The van der Waals surface area contributed by atoms with Crippen LogP contribution in [0.1, 0.15) is 61.4 Å². The molecule has 0 aliphatic heterocycles. The van der Waals surface area contributed by atoms with Gasteiger partial charge in [-0.15, -0.1) is 0 Å². The first-order chi connectivity index (χ1) is 10.2. The zero-order chi connectivity index (χ0) is 17.0. The van der Waals surface area contributed by atoms with Crippen molar-refractivity contribution in [1.82, 2.24) is 5.32 Å². The average Bonchev–Trinajstić information content (AvgIpc) is 2.41. The first-order valence-electron chi connectivity index (χ1n) is 8.15. The monoisotopic (exact) mass is 309 g/mol. The molecule has 1 amide bonds. The van der Waals surface area contributed by atoms with E-state index in [9.17, 15) is 4.79 Å². The molecule has 0 heterocycles. The number of hydrogen-bond acceptors (Lipinski definition) is 2. The summed E-state index contributed by atoms with van der Waals surface area (Å²) in [4.78, 5) is 11.4. The van der Waals surface area contributed by atoms with Gasteiger partial charge in [0.05, 0.1) is 0 Å². The zero-order valence-electron chi connectivity index (χ0n) is 15.1. The Bertz CT molecular complexity index is 397. The highest BCUT2D eigenvalue weighted by atomic mass is 16.5. The zero-order valence-corrected chi connectivity index (χ0v) is 15.1. The standard InChI is InChI=1S/C15H23NO2.C4H10.H2/c1-15(2,3)10-7-11-16-14(17)18-12-13-8-5-4-6-9-13;1-4(2)3;/h4-6,8-9H,7,10-12H2,1-3H3,(H,16,17);4H,1-3H3;1H. The maximum absolute atomic E-state index is 11.4. The van der Waals surface area contributed by atoms with Crippen molar-refractivity contribution in [3.63, 3.8) is 0 Å². The third kappa shape index (κ3) is 14.9. The van der Waals surface area contributed by atoms with E-state index in [-0.39, 0.29) is 7.52 Å². The van der Waals surface area contributed by atoms with Crippen LogP contribution in [0.3, 0.4) is 0 Å². The van der Waals surface area contributed by atoms with Gasteiger partial charge in [0.25, 0.3) is 0 Å². The molecule has 22 heavy (non-hydrogen) atoms. The molecule has 1 rings (SSSR count). The van der Waals surface area contributed by atoms with Crippen LogP contribution in [-0.2, 0) is 11.3 Å². The Hall–Kier alpha value is -1.51. The molecule has 3 nitrogen and oxygen atoms in total. The van der Waals surface area contributed by atoms with Gasteiger partial charge in [-0.25, -0.2) is 4.79 Å². The molecular weight excluding hydrogens is 274 g/mol. The Morgan fingerprint density at radius 3 is 2.23 bits per heavy atom. The third-order valence-corrected chi connectivity index (χ3v) is 2.59. The van der Waals surface area contributed by atoms with Crippen molar-refractivity contribution in [2.24, 2.45) is 11.3 Å². The highest BCUT2D eigenvalue weighted by molar-refractivity contribution is 5.67. The second-order valence-corrected chi connectivity index (χ2v) is 7.38. The molecule has 3 heteroatoms. The van der Waals surface area contributed by atoms with Crippen molar-refractivity contribution in [3.05, 3.63) is 35.9 Å². The van der Waals surface area contributed by atoms with Crippen molar-refractivity contribution in [1.29, 1.82) is 0 Å². The topological polar surface area (TPSA) is 38.3 Å². The van der Waals surface area contributed by atoms with Crippen molar-refractivity contribution < 1.29 is 11.0 Å². The Kier molecular flexibility index (Phi) is 10.3. The number of amides is 1. The Morgan fingerprint density at radius 2 is 1.73 bits per heavy atom. The maximum Gasteiger partial charge on any atom is 0.407 e. The Labute approximate surface area is 137 Å². The fourth-order valence-corrected chi connectivity index (χ4v) is 1.58.